The highest BCUT2D eigenvalue weighted by molar-refractivity contribution is 7.10. The van der Waals surface area contributed by atoms with Crippen LogP contribution in [0, 0.1) is 0 Å². The van der Waals surface area contributed by atoms with Crippen LogP contribution < -0.4 is 11.1 Å². The number of benzene rings is 1. The van der Waals surface area contributed by atoms with Crippen molar-refractivity contribution < 1.29 is 4.74 Å². The fourth-order valence-corrected chi connectivity index (χ4v) is 4.63. The van der Waals surface area contributed by atoms with Gasteiger partial charge >= 0.3 is 0 Å². The maximum atomic E-state index is 6.18. The van der Waals surface area contributed by atoms with Crippen LogP contribution in [0.15, 0.2) is 40.7 Å². The lowest BCUT2D eigenvalue weighted by molar-refractivity contribution is 0.0187. The number of anilines is 1. The van der Waals surface area contributed by atoms with Gasteiger partial charge in [0.2, 0.25) is 0 Å². The van der Waals surface area contributed by atoms with Crippen molar-refractivity contribution in [3.63, 3.8) is 0 Å². The van der Waals surface area contributed by atoms with Crippen LogP contribution in [0.4, 0.5) is 5.69 Å². The molecule has 1 fully saturated rings. The normalized spacial score (nSPS) is 19.3. The van der Waals surface area contributed by atoms with Gasteiger partial charge in [-0.1, -0.05) is 12.1 Å². The zero-order valence-electron chi connectivity index (χ0n) is 15.0. The Balaban J connectivity index is 1.43. The van der Waals surface area contributed by atoms with Crippen LogP contribution in [-0.4, -0.2) is 43.7 Å². The van der Waals surface area contributed by atoms with E-state index in [-0.39, 0.29) is 6.04 Å². The number of nitrogens with zero attached hydrogens (tertiary/aromatic N) is 2. The van der Waals surface area contributed by atoms with E-state index in [2.05, 4.69) is 50.9 Å². The highest BCUT2D eigenvalue weighted by atomic mass is 32.1. The Morgan fingerprint density at radius 2 is 2.08 bits per heavy atom. The van der Waals surface area contributed by atoms with E-state index in [1.807, 2.05) is 0 Å². The lowest BCUT2D eigenvalue weighted by Gasteiger charge is -2.33. The second kappa shape index (κ2) is 8.20. The molecule has 1 aliphatic heterocycles. The third-order valence-corrected chi connectivity index (χ3v) is 6.14. The molecule has 1 aromatic carbocycles. The van der Waals surface area contributed by atoms with Crippen LogP contribution in [0.1, 0.15) is 28.5 Å². The molecule has 2 heterocycles. The van der Waals surface area contributed by atoms with Crippen molar-refractivity contribution in [3.8, 4) is 0 Å². The summed E-state index contributed by atoms with van der Waals surface area (Å²) in [6.07, 6.45) is 3.62. The van der Waals surface area contributed by atoms with Crippen molar-refractivity contribution in [2.24, 2.45) is 10.7 Å². The predicted octanol–water partition coefficient (Wildman–Crippen LogP) is 3.04. The summed E-state index contributed by atoms with van der Waals surface area (Å²) in [5.41, 5.74) is 10.1. The molecule has 1 saturated heterocycles. The molecule has 1 aromatic heterocycles. The zero-order chi connectivity index (χ0) is 17.8. The number of nitrogens with two attached hydrogens (primary N) is 1. The molecule has 3 N–H and O–H groups in total. The third-order valence-electron chi connectivity index (χ3n) is 5.16. The van der Waals surface area contributed by atoms with Crippen LogP contribution in [0.5, 0.6) is 0 Å². The van der Waals surface area contributed by atoms with Crippen LogP contribution in [0.25, 0.3) is 0 Å². The van der Waals surface area contributed by atoms with Gasteiger partial charge in [0.15, 0.2) is 5.96 Å². The molecule has 4 rings (SSSR count). The van der Waals surface area contributed by atoms with Gasteiger partial charge in [-0.25, -0.2) is 0 Å². The summed E-state index contributed by atoms with van der Waals surface area (Å²) in [6, 6.07) is 11.1. The van der Waals surface area contributed by atoms with Gasteiger partial charge in [-0.2, -0.15) is 0 Å². The first kappa shape index (κ1) is 17.5. The smallest absolute Gasteiger partial charge is 0.193 e. The van der Waals surface area contributed by atoms with Crippen LogP contribution >= 0.6 is 11.3 Å². The van der Waals surface area contributed by atoms with Crippen molar-refractivity contribution in [2.75, 3.05) is 38.2 Å². The van der Waals surface area contributed by atoms with Gasteiger partial charge in [-0.05, 0) is 54.0 Å². The number of guanidine groups is 1. The van der Waals surface area contributed by atoms with Gasteiger partial charge in [0.1, 0.15) is 0 Å². The lowest BCUT2D eigenvalue weighted by atomic mass is 10.1. The number of thiophene rings is 1. The van der Waals surface area contributed by atoms with Crippen LogP contribution in [0.3, 0.4) is 0 Å². The van der Waals surface area contributed by atoms with Gasteiger partial charge in [0.25, 0.3) is 0 Å². The standard InChI is InChI=1S/C20H26N4OS/c21-20(23-17-7-6-15-3-1-4-16(15)13-17)22-14-18(19-5-2-12-26-19)24-8-10-25-11-9-24/h2,5-7,12-13,18H,1,3-4,8-11,14H2,(H3,21,22,23). The van der Waals surface area contributed by atoms with Gasteiger partial charge in [-0.15, -0.1) is 11.3 Å². The average Bonchev–Trinajstić information content (AvgIpc) is 3.34. The molecule has 0 bridgehead atoms. The average molecular weight is 371 g/mol. The van der Waals surface area contributed by atoms with Crippen LogP contribution in [0.2, 0.25) is 0 Å². The summed E-state index contributed by atoms with van der Waals surface area (Å²) in [5, 5.41) is 5.39. The number of aryl methyl sites for hydroxylation is 2. The Hall–Kier alpha value is -1.89. The molecule has 1 unspecified atom stereocenters. The molecule has 138 valence electrons. The molecule has 1 atom stereocenters. The Kier molecular flexibility index (Phi) is 5.53. The quantitative estimate of drug-likeness (QED) is 0.627. The van der Waals surface area contributed by atoms with Crippen molar-refractivity contribution in [1.29, 1.82) is 0 Å². The first-order chi connectivity index (χ1) is 12.8. The van der Waals surface area contributed by atoms with E-state index in [1.165, 1.54) is 35.3 Å². The lowest BCUT2D eigenvalue weighted by Crippen LogP contribution is -2.40. The molecule has 2 aliphatic rings. The van der Waals surface area contributed by atoms with E-state index < -0.39 is 0 Å². The largest absolute Gasteiger partial charge is 0.379 e. The molecule has 1 aliphatic carbocycles. The monoisotopic (exact) mass is 370 g/mol. The van der Waals surface area contributed by atoms with Gasteiger partial charge in [0.05, 0.1) is 25.8 Å². The maximum Gasteiger partial charge on any atom is 0.193 e. The SMILES string of the molecule is NC(=NCC(c1cccs1)N1CCOCC1)Nc1ccc2c(c1)CCC2. The second-order valence-electron chi connectivity index (χ2n) is 6.87. The highest BCUT2D eigenvalue weighted by Crippen LogP contribution is 2.27. The molecule has 0 spiro atoms. The van der Waals surface area contributed by atoms with Gasteiger partial charge in [0, 0.05) is 23.7 Å². The summed E-state index contributed by atoms with van der Waals surface area (Å²) in [6.45, 7) is 4.11. The van der Waals surface area contributed by atoms with Gasteiger partial charge in [-0.3, -0.25) is 9.89 Å². The molecule has 0 radical (unpaired) electrons. The number of rotatable bonds is 5. The second-order valence-corrected chi connectivity index (χ2v) is 7.85. The Bertz CT molecular complexity index is 753. The number of ether oxygens (including phenoxy) is 1. The first-order valence-corrected chi connectivity index (χ1v) is 10.2. The Labute approximate surface area is 158 Å². The molecular weight excluding hydrogens is 344 g/mol. The predicted molar refractivity (Wildman–Crippen MR) is 108 cm³/mol. The Morgan fingerprint density at radius 3 is 2.88 bits per heavy atom. The topological polar surface area (TPSA) is 62.9 Å². The zero-order valence-corrected chi connectivity index (χ0v) is 15.8. The molecular formula is C20H26N4OS. The molecule has 26 heavy (non-hydrogen) atoms. The van der Waals surface area contributed by atoms with Crippen LogP contribution in [-0.2, 0) is 17.6 Å². The number of nitrogens with one attached hydrogen (secondary N) is 1. The summed E-state index contributed by atoms with van der Waals surface area (Å²) in [4.78, 5) is 8.43. The third kappa shape index (κ3) is 4.09. The molecule has 0 amide bonds. The first-order valence-electron chi connectivity index (χ1n) is 9.33. The molecule has 5 nitrogen and oxygen atoms in total. The fourth-order valence-electron chi connectivity index (χ4n) is 3.78. The number of hydrogen-bond acceptors (Lipinski definition) is 4. The van der Waals surface area contributed by atoms with E-state index >= 15 is 0 Å². The number of morpholine rings is 1. The minimum absolute atomic E-state index is 0.263. The molecule has 6 heteroatoms. The van der Waals surface area contributed by atoms with E-state index in [0.717, 1.165) is 32.0 Å². The maximum absolute atomic E-state index is 6.18. The molecule has 0 saturated carbocycles. The van der Waals surface area contributed by atoms with E-state index in [4.69, 9.17) is 10.5 Å². The molecule has 2 aromatic rings. The minimum Gasteiger partial charge on any atom is -0.379 e. The van der Waals surface area contributed by atoms with Crippen molar-refractivity contribution in [1.82, 2.24) is 4.90 Å². The Morgan fingerprint density at radius 1 is 1.23 bits per heavy atom. The van der Waals surface area contributed by atoms with Crippen molar-refractivity contribution in [3.05, 3.63) is 51.7 Å². The van der Waals surface area contributed by atoms with E-state index in [1.54, 1.807) is 11.3 Å². The number of aliphatic imine (C=N–C) groups is 1. The van der Waals surface area contributed by atoms with Crippen molar-refractivity contribution >= 4 is 23.0 Å². The summed E-state index contributed by atoms with van der Waals surface area (Å²) < 4.78 is 5.50. The van der Waals surface area contributed by atoms with E-state index in [0.29, 0.717) is 12.5 Å². The van der Waals surface area contributed by atoms with Gasteiger partial charge < -0.3 is 15.8 Å². The fraction of sp³-hybridized carbons (Fsp3) is 0.450. The minimum atomic E-state index is 0.263. The van der Waals surface area contributed by atoms with Crippen molar-refractivity contribution in [2.45, 2.75) is 25.3 Å². The highest BCUT2D eigenvalue weighted by Gasteiger charge is 2.23. The number of hydrogen-bond donors (Lipinski definition) is 2. The number of fused-ring (bicyclic) bond motifs is 1. The summed E-state index contributed by atoms with van der Waals surface area (Å²) in [7, 11) is 0. The van der Waals surface area contributed by atoms with E-state index in [9.17, 15) is 0 Å². The summed E-state index contributed by atoms with van der Waals surface area (Å²) >= 11 is 1.78. The summed E-state index contributed by atoms with van der Waals surface area (Å²) in [5.74, 6) is 0.484.